The zero-order valence-corrected chi connectivity index (χ0v) is 12.7. The minimum atomic E-state index is -0.0452. The molecule has 23 heavy (non-hydrogen) atoms. The van der Waals surface area contributed by atoms with Gasteiger partial charge >= 0.3 is 0 Å². The molecule has 0 spiro atoms. The fraction of sp³-hybridized carbons (Fsp3) is 0.200. The van der Waals surface area contributed by atoms with Gasteiger partial charge in [-0.05, 0) is 35.4 Å². The van der Waals surface area contributed by atoms with Crippen molar-refractivity contribution in [3.05, 3.63) is 41.4 Å². The minimum absolute atomic E-state index is 0.0452. The summed E-state index contributed by atoms with van der Waals surface area (Å²) in [5, 5.41) is 11.3. The van der Waals surface area contributed by atoms with E-state index < -0.39 is 0 Å². The maximum atomic E-state index is 12.3. The van der Waals surface area contributed by atoms with Gasteiger partial charge in [-0.2, -0.15) is 5.10 Å². The van der Waals surface area contributed by atoms with E-state index in [1.807, 2.05) is 6.20 Å². The first kappa shape index (κ1) is 14.0. The third kappa shape index (κ3) is 2.59. The number of hydrogen-bond donors (Lipinski definition) is 3. The first-order valence-corrected chi connectivity index (χ1v) is 7.51. The van der Waals surface area contributed by atoms with E-state index in [-0.39, 0.29) is 17.7 Å². The summed E-state index contributed by atoms with van der Waals surface area (Å²) < 4.78 is 0. The van der Waals surface area contributed by atoms with Gasteiger partial charge in [-0.25, -0.2) is 9.97 Å². The van der Waals surface area contributed by atoms with E-state index in [9.17, 15) is 4.79 Å². The molecule has 3 aromatic rings. The molecule has 0 saturated heterocycles. The molecule has 2 unspecified atom stereocenters. The first-order chi connectivity index (χ1) is 11.1. The number of amides is 1. The highest BCUT2D eigenvalue weighted by Crippen LogP contribution is 2.47. The zero-order chi connectivity index (χ0) is 16.0. The molecule has 1 aliphatic rings. The molecule has 0 aromatic carbocycles. The predicted octanol–water partition coefficient (Wildman–Crippen LogP) is 2.33. The summed E-state index contributed by atoms with van der Waals surface area (Å²) >= 11 is 5.91. The van der Waals surface area contributed by atoms with E-state index in [0.29, 0.717) is 22.2 Å². The van der Waals surface area contributed by atoms with Crippen LogP contribution in [0.2, 0.25) is 5.15 Å². The number of aromatic nitrogens is 4. The summed E-state index contributed by atoms with van der Waals surface area (Å²) in [5.74, 6) is 0.929. The number of fused-ring (bicyclic) bond motifs is 1. The van der Waals surface area contributed by atoms with Crippen molar-refractivity contribution in [3.8, 4) is 0 Å². The van der Waals surface area contributed by atoms with Crippen molar-refractivity contribution in [2.45, 2.75) is 12.3 Å². The number of rotatable bonds is 3. The molecule has 0 bridgehead atoms. The van der Waals surface area contributed by atoms with Crippen molar-refractivity contribution in [2.75, 3.05) is 11.1 Å². The Morgan fingerprint density at radius 2 is 2.26 bits per heavy atom. The van der Waals surface area contributed by atoms with Gasteiger partial charge < -0.3 is 11.1 Å². The van der Waals surface area contributed by atoms with Crippen molar-refractivity contribution in [1.29, 1.82) is 0 Å². The topological polar surface area (TPSA) is 110 Å². The van der Waals surface area contributed by atoms with E-state index in [4.69, 9.17) is 17.3 Å². The molecule has 3 heterocycles. The third-order valence-electron chi connectivity index (χ3n) is 4.04. The highest BCUT2D eigenvalue weighted by molar-refractivity contribution is 6.30. The number of nitrogen functional groups attached to an aromatic ring is 1. The van der Waals surface area contributed by atoms with Gasteiger partial charge in [0.1, 0.15) is 16.8 Å². The number of nitrogens with one attached hydrogen (secondary N) is 2. The maximum Gasteiger partial charge on any atom is 0.229 e. The Labute approximate surface area is 136 Å². The van der Waals surface area contributed by atoms with E-state index in [2.05, 4.69) is 25.5 Å². The fourth-order valence-electron chi connectivity index (χ4n) is 2.74. The molecule has 116 valence electrons. The van der Waals surface area contributed by atoms with Gasteiger partial charge in [0, 0.05) is 23.7 Å². The van der Waals surface area contributed by atoms with E-state index in [1.165, 1.54) is 0 Å². The van der Waals surface area contributed by atoms with Gasteiger partial charge in [-0.3, -0.25) is 9.89 Å². The lowest BCUT2D eigenvalue weighted by Crippen LogP contribution is -2.15. The Kier molecular flexibility index (Phi) is 3.16. The van der Waals surface area contributed by atoms with E-state index >= 15 is 0 Å². The Morgan fingerprint density at radius 3 is 3.04 bits per heavy atom. The molecule has 0 radical (unpaired) electrons. The van der Waals surface area contributed by atoms with Gasteiger partial charge in [0.15, 0.2) is 0 Å². The lowest BCUT2D eigenvalue weighted by atomic mass is 10.2. The molecule has 4 N–H and O–H groups in total. The van der Waals surface area contributed by atoms with Gasteiger partial charge in [0.2, 0.25) is 5.91 Å². The number of H-pyrrole nitrogens is 1. The number of anilines is 2. The zero-order valence-electron chi connectivity index (χ0n) is 12.0. The molecular weight excluding hydrogens is 316 g/mol. The molecule has 3 aromatic heterocycles. The normalized spacial score (nSPS) is 19.7. The highest BCUT2D eigenvalue weighted by atomic mass is 35.5. The van der Waals surface area contributed by atoms with Gasteiger partial charge in [0.25, 0.3) is 0 Å². The summed E-state index contributed by atoms with van der Waals surface area (Å²) in [5.41, 5.74) is 6.86. The number of pyridine rings is 2. The lowest BCUT2D eigenvalue weighted by Gasteiger charge is -2.07. The third-order valence-corrected chi connectivity index (χ3v) is 4.23. The summed E-state index contributed by atoms with van der Waals surface area (Å²) in [6, 6.07) is 3.43. The summed E-state index contributed by atoms with van der Waals surface area (Å²) in [6.45, 7) is 0. The Morgan fingerprint density at radius 1 is 1.39 bits per heavy atom. The summed E-state index contributed by atoms with van der Waals surface area (Å²) in [7, 11) is 0. The van der Waals surface area contributed by atoms with Crippen LogP contribution in [-0.2, 0) is 4.79 Å². The van der Waals surface area contributed by atoms with Crippen molar-refractivity contribution in [3.63, 3.8) is 0 Å². The number of nitrogens with zero attached hydrogens (tertiary/aromatic N) is 3. The smallest absolute Gasteiger partial charge is 0.229 e. The van der Waals surface area contributed by atoms with Crippen LogP contribution in [0, 0.1) is 5.92 Å². The van der Waals surface area contributed by atoms with Crippen LogP contribution in [0.5, 0.6) is 0 Å². The summed E-state index contributed by atoms with van der Waals surface area (Å²) in [6.07, 6.45) is 5.99. The quantitative estimate of drug-likeness (QED) is 0.639. The van der Waals surface area contributed by atoms with Crippen LogP contribution in [-0.4, -0.2) is 26.1 Å². The molecule has 1 amide bonds. The lowest BCUT2D eigenvalue weighted by molar-refractivity contribution is -0.117. The second-order valence-corrected chi connectivity index (χ2v) is 5.98. The molecule has 4 rings (SSSR count). The highest BCUT2D eigenvalue weighted by Gasteiger charge is 2.44. The molecule has 0 aliphatic heterocycles. The van der Waals surface area contributed by atoms with E-state index in [1.54, 1.807) is 24.5 Å². The molecule has 1 saturated carbocycles. The Balaban J connectivity index is 1.53. The van der Waals surface area contributed by atoms with Gasteiger partial charge in [-0.1, -0.05) is 11.6 Å². The first-order valence-electron chi connectivity index (χ1n) is 7.13. The number of carbonyl (C=O) groups is 1. The van der Waals surface area contributed by atoms with Gasteiger partial charge in [0.05, 0.1) is 6.20 Å². The van der Waals surface area contributed by atoms with Crippen molar-refractivity contribution in [1.82, 2.24) is 20.2 Å². The molecular formula is C15H13ClN6O. The number of aromatic amines is 1. The molecule has 1 fully saturated rings. The number of carbonyl (C=O) groups excluding carboxylic acids is 1. The van der Waals surface area contributed by atoms with Crippen LogP contribution < -0.4 is 11.1 Å². The van der Waals surface area contributed by atoms with Crippen molar-refractivity contribution in [2.24, 2.45) is 5.92 Å². The minimum Gasteiger partial charge on any atom is -0.383 e. The van der Waals surface area contributed by atoms with Crippen LogP contribution in [0.1, 0.15) is 17.9 Å². The number of halogens is 1. The maximum absolute atomic E-state index is 12.3. The number of nitrogens with two attached hydrogens (primary N) is 1. The fourth-order valence-corrected chi connectivity index (χ4v) is 2.95. The SMILES string of the molecule is Nc1nc(Cl)cc2cc(NC(=O)C3CC3c3cn[nH]c3)ncc12. The number of hydrogen-bond acceptors (Lipinski definition) is 5. The molecule has 2 atom stereocenters. The van der Waals surface area contributed by atoms with Crippen molar-refractivity contribution >= 4 is 39.9 Å². The predicted molar refractivity (Wildman–Crippen MR) is 87.0 cm³/mol. The van der Waals surface area contributed by atoms with Crippen molar-refractivity contribution < 1.29 is 4.79 Å². The van der Waals surface area contributed by atoms with E-state index in [0.717, 1.165) is 17.4 Å². The Hall–Kier alpha value is -2.67. The van der Waals surface area contributed by atoms with Crippen LogP contribution in [0.4, 0.5) is 11.6 Å². The monoisotopic (exact) mass is 328 g/mol. The molecule has 1 aliphatic carbocycles. The van der Waals surface area contributed by atoms with Crippen LogP contribution in [0.25, 0.3) is 10.8 Å². The largest absolute Gasteiger partial charge is 0.383 e. The second kappa shape index (κ2) is 5.20. The summed E-state index contributed by atoms with van der Waals surface area (Å²) in [4.78, 5) is 20.5. The average molecular weight is 329 g/mol. The standard InChI is InChI=1S/C15H13ClN6O/c16-12-1-7-2-13(18-6-11(7)14(17)21-12)22-15(23)10-3-9(10)8-4-19-20-5-8/h1-2,4-6,9-10H,3H2,(H2,17,21)(H,19,20)(H,18,22,23). The van der Waals surface area contributed by atoms with Crippen LogP contribution >= 0.6 is 11.6 Å². The second-order valence-electron chi connectivity index (χ2n) is 5.59. The van der Waals surface area contributed by atoms with Gasteiger partial charge in [-0.15, -0.1) is 0 Å². The van der Waals surface area contributed by atoms with Crippen LogP contribution in [0.15, 0.2) is 30.7 Å². The molecule has 8 heteroatoms. The average Bonchev–Trinajstić information content (AvgIpc) is 3.13. The van der Waals surface area contributed by atoms with Crippen LogP contribution in [0.3, 0.4) is 0 Å². The molecule has 7 nitrogen and oxygen atoms in total. The Bertz CT molecular complexity index is 894.